The highest BCUT2D eigenvalue weighted by Crippen LogP contribution is 2.26. The number of carbonyl (C=O) groups is 1. The molecule has 0 saturated carbocycles. The fourth-order valence-corrected chi connectivity index (χ4v) is 4.70. The van der Waals surface area contributed by atoms with Gasteiger partial charge in [-0.1, -0.05) is 6.07 Å². The Bertz CT molecular complexity index is 965. The molecule has 156 valence electrons. The van der Waals surface area contributed by atoms with Gasteiger partial charge in [-0.2, -0.15) is 0 Å². The van der Waals surface area contributed by atoms with E-state index in [-0.39, 0.29) is 10.8 Å². The van der Waals surface area contributed by atoms with Crippen LogP contribution in [0.15, 0.2) is 47.4 Å². The lowest BCUT2D eigenvalue weighted by Gasteiger charge is -2.27. The molecule has 0 spiro atoms. The van der Waals surface area contributed by atoms with E-state index < -0.39 is 10.0 Å². The molecule has 2 aromatic rings. The number of piperidine rings is 1. The number of rotatable bonds is 6. The molecule has 3 rings (SSSR count). The molecule has 0 radical (unpaired) electrons. The second kappa shape index (κ2) is 8.86. The molecule has 0 aromatic heterocycles. The second-order valence-corrected chi connectivity index (χ2v) is 9.20. The molecule has 1 heterocycles. The number of sulfonamides is 1. The molecule has 0 aliphatic carbocycles. The smallest absolute Gasteiger partial charge is 0.264 e. The summed E-state index contributed by atoms with van der Waals surface area (Å²) in [5.74, 6) is 0.592. The Morgan fingerprint density at radius 2 is 1.72 bits per heavy atom. The van der Waals surface area contributed by atoms with Crippen LogP contribution in [0.25, 0.3) is 0 Å². The number of nitrogens with zero attached hydrogens (tertiary/aromatic N) is 2. The van der Waals surface area contributed by atoms with Crippen LogP contribution < -0.4 is 9.04 Å². The first-order chi connectivity index (χ1) is 13.8. The van der Waals surface area contributed by atoms with Crippen molar-refractivity contribution in [2.75, 3.05) is 31.0 Å². The first-order valence-corrected chi connectivity index (χ1v) is 11.4. The monoisotopic (exact) mass is 416 g/mol. The van der Waals surface area contributed by atoms with Crippen molar-refractivity contribution in [2.45, 2.75) is 38.0 Å². The highest BCUT2D eigenvalue weighted by Gasteiger charge is 2.25. The summed E-state index contributed by atoms with van der Waals surface area (Å²) in [5.41, 5.74) is 1.76. The fraction of sp³-hybridized carbons (Fsp3) is 0.409. The van der Waals surface area contributed by atoms with Crippen molar-refractivity contribution in [1.29, 1.82) is 0 Å². The molecule has 6 nitrogen and oxygen atoms in total. The molecule has 1 saturated heterocycles. The van der Waals surface area contributed by atoms with Gasteiger partial charge < -0.3 is 9.64 Å². The molecular formula is C22H28N2O4S. The molecule has 0 unspecified atom stereocenters. The minimum atomic E-state index is -3.80. The van der Waals surface area contributed by atoms with Crippen molar-refractivity contribution in [3.05, 3.63) is 53.6 Å². The van der Waals surface area contributed by atoms with Gasteiger partial charge in [0.1, 0.15) is 5.75 Å². The van der Waals surface area contributed by atoms with Gasteiger partial charge in [-0.25, -0.2) is 8.42 Å². The van der Waals surface area contributed by atoms with Crippen LogP contribution in [-0.2, 0) is 10.0 Å². The minimum absolute atomic E-state index is 0.0945. The standard InChI is InChI=1S/C22H28N2O4S/c1-4-28-19-11-9-18(10-12-19)23(3)29(26,27)20-13-8-17(2)21(16-20)22(25)24-14-6-5-7-15-24/h8-13,16H,4-7,14-15H2,1-3H3. The number of benzene rings is 2. The van der Waals surface area contributed by atoms with E-state index in [4.69, 9.17) is 4.74 Å². The van der Waals surface area contributed by atoms with E-state index in [1.54, 1.807) is 36.4 Å². The van der Waals surface area contributed by atoms with E-state index in [1.165, 1.54) is 17.4 Å². The lowest BCUT2D eigenvalue weighted by atomic mass is 10.1. The third kappa shape index (κ3) is 4.56. The third-order valence-electron chi connectivity index (χ3n) is 5.25. The average molecular weight is 417 g/mol. The number of anilines is 1. The van der Waals surface area contributed by atoms with Crippen molar-refractivity contribution >= 4 is 21.6 Å². The van der Waals surface area contributed by atoms with Gasteiger partial charge in [0.15, 0.2) is 0 Å². The van der Waals surface area contributed by atoms with E-state index in [0.717, 1.165) is 37.9 Å². The average Bonchev–Trinajstić information content (AvgIpc) is 2.74. The normalized spacial score (nSPS) is 14.5. The van der Waals surface area contributed by atoms with Gasteiger partial charge in [-0.15, -0.1) is 0 Å². The maximum Gasteiger partial charge on any atom is 0.264 e. The predicted octanol–water partition coefficient (Wildman–Crippen LogP) is 3.84. The predicted molar refractivity (Wildman–Crippen MR) is 114 cm³/mol. The number of hydrogen-bond donors (Lipinski definition) is 0. The zero-order valence-electron chi connectivity index (χ0n) is 17.2. The lowest BCUT2D eigenvalue weighted by Crippen LogP contribution is -2.36. The third-order valence-corrected chi connectivity index (χ3v) is 7.03. The first kappa shape index (κ1) is 21.2. The Hall–Kier alpha value is -2.54. The molecule has 1 amide bonds. The Balaban J connectivity index is 1.89. The Kier molecular flexibility index (Phi) is 6.47. The van der Waals surface area contributed by atoms with Gasteiger partial charge in [0, 0.05) is 25.7 Å². The number of hydrogen-bond acceptors (Lipinski definition) is 4. The Morgan fingerprint density at radius 1 is 1.07 bits per heavy atom. The van der Waals surface area contributed by atoms with E-state index in [2.05, 4.69) is 0 Å². The first-order valence-electron chi connectivity index (χ1n) is 9.96. The molecule has 29 heavy (non-hydrogen) atoms. The van der Waals surface area contributed by atoms with Gasteiger partial charge in [-0.05, 0) is 75.1 Å². The maximum absolute atomic E-state index is 13.2. The van der Waals surface area contributed by atoms with E-state index in [0.29, 0.717) is 23.6 Å². The second-order valence-electron chi connectivity index (χ2n) is 7.23. The molecule has 1 fully saturated rings. The highest BCUT2D eigenvalue weighted by atomic mass is 32.2. The van der Waals surface area contributed by atoms with E-state index in [1.807, 2.05) is 18.7 Å². The molecular weight excluding hydrogens is 388 g/mol. The summed E-state index contributed by atoms with van der Waals surface area (Å²) in [6.07, 6.45) is 3.11. The zero-order chi connectivity index (χ0) is 21.0. The van der Waals surface area contributed by atoms with Crippen LogP contribution in [0, 0.1) is 6.92 Å². The van der Waals surface area contributed by atoms with Crippen LogP contribution in [0.2, 0.25) is 0 Å². The molecule has 0 N–H and O–H groups in total. The summed E-state index contributed by atoms with van der Waals surface area (Å²) in [6, 6.07) is 11.7. The SMILES string of the molecule is CCOc1ccc(N(C)S(=O)(=O)c2ccc(C)c(C(=O)N3CCCCC3)c2)cc1. The van der Waals surface area contributed by atoms with E-state index in [9.17, 15) is 13.2 Å². The number of likely N-dealkylation sites (tertiary alicyclic amines) is 1. The van der Waals surface area contributed by atoms with Crippen LogP contribution in [0.4, 0.5) is 5.69 Å². The molecule has 0 atom stereocenters. The topological polar surface area (TPSA) is 66.9 Å². The highest BCUT2D eigenvalue weighted by molar-refractivity contribution is 7.92. The van der Waals surface area contributed by atoms with Crippen molar-refractivity contribution in [3.8, 4) is 5.75 Å². The Morgan fingerprint density at radius 3 is 2.34 bits per heavy atom. The summed E-state index contributed by atoms with van der Waals surface area (Å²) in [5, 5.41) is 0. The fourth-order valence-electron chi connectivity index (χ4n) is 3.48. The summed E-state index contributed by atoms with van der Waals surface area (Å²) >= 11 is 0. The summed E-state index contributed by atoms with van der Waals surface area (Å²) in [7, 11) is -2.29. The van der Waals surface area contributed by atoms with Crippen LogP contribution in [0.5, 0.6) is 5.75 Å². The summed E-state index contributed by atoms with van der Waals surface area (Å²) in [4.78, 5) is 14.9. The van der Waals surface area contributed by atoms with Gasteiger partial charge in [-0.3, -0.25) is 9.10 Å². The van der Waals surface area contributed by atoms with Gasteiger partial charge in [0.25, 0.3) is 15.9 Å². The summed E-state index contributed by atoms with van der Waals surface area (Å²) in [6.45, 7) is 5.72. The molecule has 0 bridgehead atoms. The van der Waals surface area contributed by atoms with Crippen molar-refractivity contribution in [3.63, 3.8) is 0 Å². The number of aryl methyl sites for hydroxylation is 1. The number of carbonyl (C=O) groups excluding carboxylic acids is 1. The van der Waals surface area contributed by atoms with Gasteiger partial charge >= 0.3 is 0 Å². The van der Waals surface area contributed by atoms with Crippen LogP contribution in [0.1, 0.15) is 42.1 Å². The number of amides is 1. The van der Waals surface area contributed by atoms with E-state index >= 15 is 0 Å². The van der Waals surface area contributed by atoms with Crippen molar-refractivity contribution < 1.29 is 17.9 Å². The quantitative estimate of drug-likeness (QED) is 0.717. The zero-order valence-corrected chi connectivity index (χ0v) is 18.0. The minimum Gasteiger partial charge on any atom is -0.494 e. The molecule has 2 aromatic carbocycles. The maximum atomic E-state index is 13.2. The van der Waals surface area contributed by atoms with Crippen LogP contribution in [0.3, 0.4) is 0 Å². The van der Waals surface area contributed by atoms with Gasteiger partial charge in [0.05, 0.1) is 17.2 Å². The largest absolute Gasteiger partial charge is 0.494 e. The lowest BCUT2D eigenvalue weighted by molar-refractivity contribution is 0.0723. The van der Waals surface area contributed by atoms with Crippen LogP contribution >= 0.6 is 0 Å². The van der Waals surface area contributed by atoms with Crippen molar-refractivity contribution in [1.82, 2.24) is 4.90 Å². The molecule has 7 heteroatoms. The van der Waals surface area contributed by atoms with Crippen molar-refractivity contribution in [2.24, 2.45) is 0 Å². The Labute approximate surface area is 173 Å². The van der Waals surface area contributed by atoms with Crippen LogP contribution in [-0.4, -0.2) is 46.0 Å². The molecule has 1 aliphatic rings. The summed E-state index contributed by atoms with van der Waals surface area (Å²) < 4.78 is 33.0. The van der Waals surface area contributed by atoms with Gasteiger partial charge in [0.2, 0.25) is 0 Å². The number of ether oxygens (including phenoxy) is 1. The molecule has 1 aliphatic heterocycles.